The van der Waals surface area contributed by atoms with E-state index < -0.39 is 15.6 Å². The second kappa shape index (κ2) is 10.9. The van der Waals surface area contributed by atoms with Crippen LogP contribution in [0.5, 0.6) is 0 Å². The maximum atomic E-state index is 13.3. The Hall–Kier alpha value is -3.39. The summed E-state index contributed by atoms with van der Waals surface area (Å²) in [7, 11) is -3.91. The molecule has 0 aliphatic heterocycles. The fourth-order valence-corrected chi connectivity index (χ4v) is 6.46. The van der Waals surface area contributed by atoms with E-state index >= 15 is 0 Å². The quantitative estimate of drug-likeness (QED) is 0.393. The van der Waals surface area contributed by atoms with Crippen molar-refractivity contribution in [3.63, 3.8) is 0 Å². The minimum absolute atomic E-state index is 0.135. The van der Waals surface area contributed by atoms with Crippen molar-refractivity contribution in [2.24, 2.45) is 11.8 Å². The molecule has 2 amide bonds. The molecule has 4 rings (SSSR count). The summed E-state index contributed by atoms with van der Waals surface area (Å²) in [5.41, 5.74) is 1.39. The number of rotatable bonds is 11. The Morgan fingerprint density at radius 2 is 1.76 bits per heavy atom. The molecule has 196 valence electrons. The van der Waals surface area contributed by atoms with Crippen molar-refractivity contribution in [2.45, 2.75) is 61.9 Å². The van der Waals surface area contributed by atoms with Crippen molar-refractivity contribution in [1.82, 2.24) is 15.4 Å². The molecule has 0 unspecified atom stereocenters. The third-order valence-electron chi connectivity index (χ3n) is 7.44. The van der Waals surface area contributed by atoms with Crippen molar-refractivity contribution in [3.05, 3.63) is 90.7 Å². The fraction of sp³-hybridized carbons (Fsp3) is 0.379. The summed E-state index contributed by atoms with van der Waals surface area (Å²) < 4.78 is 29.2. The van der Waals surface area contributed by atoms with Gasteiger partial charge in [0.1, 0.15) is 0 Å². The lowest BCUT2D eigenvalue weighted by molar-refractivity contribution is -0.127. The lowest BCUT2D eigenvalue weighted by Crippen LogP contribution is -2.50. The van der Waals surface area contributed by atoms with Gasteiger partial charge >= 0.3 is 0 Å². The fourth-order valence-electron chi connectivity index (χ4n) is 5.27. The lowest BCUT2D eigenvalue weighted by Gasteiger charge is -2.27. The van der Waals surface area contributed by atoms with E-state index in [1.165, 1.54) is 12.5 Å². The third-order valence-corrected chi connectivity index (χ3v) is 8.83. The summed E-state index contributed by atoms with van der Waals surface area (Å²) >= 11 is 0. The molecule has 8 heteroatoms. The predicted molar refractivity (Wildman–Crippen MR) is 144 cm³/mol. The molecule has 3 N–H and O–H groups in total. The molecule has 37 heavy (non-hydrogen) atoms. The Morgan fingerprint density at radius 1 is 1.05 bits per heavy atom. The Bertz CT molecular complexity index is 1290. The van der Waals surface area contributed by atoms with Crippen LogP contribution in [0.3, 0.4) is 0 Å². The Kier molecular flexibility index (Phi) is 7.87. The van der Waals surface area contributed by atoms with Crippen LogP contribution in [0.4, 0.5) is 0 Å². The van der Waals surface area contributed by atoms with Gasteiger partial charge in [-0.15, -0.1) is 6.58 Å². The number of hydrogen-bond donors (Lipinski definition) is 3. The maximum absolute atomic E-state index is 13.3. The van der Waals surface area contributed by atoms with E-state index in [1.807, 2.05) is 24.3 Å². The van der Waals surface area contributed by atoms with Gasteiger partial charge in [0.25, 0.3) is 10.0 Å². The highest BCUT2D eigenvalue weighted by Crippen LogP contribution is 2.49. The highest BCUT2D eigenvalue weighted by molar-refractivity contribution is 7.89. The molecule has 0 bridgehead atoms. The average molecular weight is 522 g/mol. The standard InChI is InChI=1S/C29H35N3O4S/c1-4-24-19-29(24,31-28(34)26-14-9-15-27(26)30-21(3)33)20(2)32-37(35,36)25-13-8-12-23(18-25)17-16-22-10-6-5-7-11-22/h4-8,10-13,18,24,26-27,32H,1-2,9,14-17,19H2,3H3,(H,30,33)(H,31,34)/t24-,26-,27+,29+/m1/s1. The Balaban J connectivity index is 1.45. The molecule has 2 aromatic rings. The van der Waals surface area contributed by atoms with Crippen LogP contribution in [0, 0.1) is 11.8 Å². The number of benzene rings is 2. The maximum Gasteiger partial charge on any atom is 0.261 e. The topological polar surface area (TPSA) is 104 Å². The smallest absolute Gasteiger partial charge is 0.261 e. The molecule has 2 aliphatic carbocycles. The number of hydrogen-bond acceptors (Lipinski definition) is 4. The Labute approximate surface area is 219 Å². The molecule has 2 saturated carbocycles. The largest absolute Gasteiger partial charge is 0.353 e. The van der Waals surface area contributed by atoms with Crippen molar-refractivity contribution in [1.29, 1.82) is 0 Å². The van der Waals surface area contributed by atoms with E-state index in [4.69, 9.17) is 0 Å². The molecule has 0 spiro atoms. The number of carbonyl (C=O) groups is 2. The third kappa shape index (κ3) is 6.13. The van der Waals surface area contributed by atoms with Crippen LogP contribution in [0.25, 0.3) is 0 Å². The number of carbonyl (C=O) groups excluding carboxylic acids is 2. The SMILES string of the molecule is C=C[C@@H]1C[C@]1(NC(=O)[C@@H]1CCC[C@@H]1NC(C)=O)C(=C)NS(=O)(=O)c1cccc(CCc2ccccc2)c1. The highest BCUT2D eigenvalue weighted by Gasteiger charge is 2.57. The van der Waals surface area contributed by atoms with E-state index in [0.29, 0.717) is 19.3 Å². The first-order chi connectivity index (χ1) is 17.6. The zero-order valence-electron chi connectivity index (χ0n) is 21.2. The predicted octanol–water partition coefficient (Wildman–Crippen LogP) is 3.63. The zero-order valence-corrected chi connectivity index (χ0v) is 22.0. The van der Waals surface area contributed by atoms with Gasteiger partial charge in [-0.2, -0.15) is 0 Å². The van der Waals surface area contributed by atoms with Crippen molar-refractivity contribution >= 4 is 21.8 Å². The van der Waals surface area contributed by atoms with Crippen molar-refractivity contribution in [2.75, 3.05) is 0 Å². The first-order valence-corrected chi connectivity index (χ1v) is 14.2. The minimum Gasteiger partial charge on any atom is -0.353 e. The van der Waals surface area contributed by atoms with Crippen LogP contribution in [0.2, 0.25) is 0 Å². The van der Waals surface area contributed by atoms with Gasteiger partial charge in [0.2, 0.25) is 11.8 Å². The van der Waals surface area contributed by atoms with Crippen molar-refractivity contribution in [3.8, 4) is 0 Å². The highest BCUT2D eigenvalue weighted by atomic mass is 32.2. The van der Waals surface area contributed by atoms with Crippen LogP contribution >= 0.6 is 0 Å². The molecule has 0 aromatic heterocycles. The molecule has 0 saturated heterocycles. The Morgan fingerprint density at radius 3 is 2.43 bits per heavy atom. The lowest BCUT2D eigenvalue weighted by atomic mass is 10.0. The molecule has 2 fully saturated rings. The van der Waals surface area contributed by atoms with Gasteiger partial charge in [-0.1, -0.05) is 61.5 Å². The summed E-state index contributed by atoms with van der Waals surface area (Å²) in [4.78, 5) is 24.9. The minimum atomic E-state index is -3.91. The van der Waals surface area contributed by atoms with Gasteiger partial charge in [-0.25, -0.2) is 8.42 Å². The summed E-state index contributed by atoms with van der Waals surface area (Å²) in [6, 6.07) is 16.7. The van der Waals surface area contributed by atoms with Crippen LogP contribution in [0.15, 0.2) is 84.4 Å². The van der Waals surface area contributed by atoms with E-state index in [0.717, 1.165) is 24.8 Å². The zero-order chi connectivity index (χ0) is 26.6. The molecular weight excluding hydrogens is 486 g/mol. The molecule has 0 radical (unpaired) electrons. The summed E-state index contributed by atoms with van der Waals surface area (Å²) in [5, 5.41) is 5.91. The van der Waals surface area contributed by atoms with Gasteiger partial charge in [-0.05, 0) is 55.4 Å². The second-order valence-electron chi connectivity index (χ2n) is 10.1. The first kappa shape index (κ1) is 26.7. The van der Waals surface area contributed by atoms with Gasteiger partial charge in [0.05, 0.1) is 16.4 Å². The van der Waals surface area contributed by atoms with E-state index in [2.05, 4.69) is 40.6 Å². The van der Waals surface area contributed by atoms with Gasteiger partial charge in [0, 0.05) is 24.6 Å². The molecule has 2 aromatic carbocycles. The molecule has 4 atom stereocenters. The molecule has 2 aliphatic rings. The van der Waals surface area contributed by atoms with Crippen LogP contribution < -0.4 is 15.4 Å². The van der Waals surface area contributed by atoms with Gasteiger partial charge in [0.15, 0.2) is 0 Å². The van der Waals surface area contributed by atoms with Gasteiger partial charge < -0.3 is 10.6 Å². The molecule has 7 nitrogen and oxygen atoms in total. The average Bonchev–Trinajstić information content (AvgIpc) is 3.40. The first-order valence-electron chi connectivity index (χ1n) is 12.7. The normalized spacial score (nSPS) is 24.6. The number of amides is 2. The van der Waals surface area contributed by atoms with E-state index in [1.54, 1.807) is 24.3 Å². The summed E-state index contributed by atoms with van der Waals surface area (Å²) in [6.45, 7) is 9.31. The second-order valence-corrected chi connectivity index (χ2v) is 11.8. The number of sulfonamides is 1. The molecular formula is C29H35N3O4S. The van der Waals surface area contributed by atoms with Crippen LogP contribution in [0.1, 0.15) is 43.7 Å². The van der Waals surface area contributed by atoms with Crippen LogP contribution in [-0.4, -0.2) is 31.8 Å². The molecule has 0 heterocycles. The monoisotopic (exact) mass is 521 g/mol. The van der Waals surface area contributed by atoms with Gasteiger partial charge in [-0.3, -0.25) is 14.3 Å². The van der Waals surface area contributed by atoms with Crippen molar-refractivity contribution < 1.29 is 18.0 Å². The van der Waals surface area contributed by atoms with E-state index in [-0.39, 0.29) is 40.3 Å². The number of nitrogens with one attached hydrogen (secondary N) is 3. The summed E-state index contributed by atoms with van der Waals surface area (Å²) in [6.07, 6.45) is 5.99. The summed E-state index contributed by atoms with van der Waals surface area (Å²) in [5.74, 6) is -0.871. The van der Waals surface area contributed by atoms with E-state index in [9.17, 15) is 18.0 Å². The number of aryl methyl sites for hydroxylation is 2. The van der Waals surface area contributed by atoms with Crippen LogP contribution in [-0.2, 0) is 32.5 Å².